The number of carboxylic acid groups (broad SMARTS) is 1. The van der Waals surface area contributed by atoms with Gasteiger partial charge in [-0.15, -0.1) is 0 Å². The molecule has 5 nitrogen and oxygen atoms in total. The molecule has 1 aromatic carbocycles. The van der Waals surface area contributed by atoms with Gasteiger partial charge in [0.1, 0.15) is 0 Å². The van der Waals surface area contributed by atoms with Crippen molar-refractivity contribution >= 4 is 16.0 Å². The van der Waals surface area contributed by atoms with Crippen LogP contribution in [-0.4, -0.2) is 20.4 Å². The zero-order valence-electron chi connectivity index (χ0n) is 10.5. The van der Waals surface area contributed by atoms with E-state index in [1.165, 1.54) is 12.1 Å². The maximum atomic E-state index is 12.0. The first kappa shape index (κ1) is 14.7. The molecule has 100 valence electrons. The molecular formula is C12H16NO4S-. The lowest BCUT2D eigenvalue weighted by Gasteiger charge is -2.23. The number of aryl methyl sites for hydroxylation is 1. The Kier molecular flexibility index (Phi) is 4.48. The van der Waals surface area contributed by atoms with E-state index >= 15 is 0 Å². The molecule has 18 heavy (non-hydrogen) atoms. The second-order valence-corrected chi connectivity index (χ2v) is 6.19. The van der Waals surface area contributed by atoms with Gasteiger partial charge in [0.15, 0.2) is 0 Å². The van der Waals surface area contributed by atoms with Crippen molar-refractivity contribution in [3.05, 3.63) is 29.8 Å². The van der Waals surface area contributed by atoms with Crippen molar-refractivity contribution in [1.82, 2.24) is 4.72 Å². The van der Waals surface area contributed by atoms with Gasteiger partial charge in [-0.25, -0.2) is 13.1 Å². The third kappa shape index (κ3) is 3.54. The van der Waals surface area contributed by atoms with E-state index in [4.69, 9.17) is 0 Å². The minimum atomic E-state index is -3.84. The normalized spacial score (nSPS) is 13.6. The SMILES string of the molecule is Cc1ccc(S(=O)(=O)N[C@@H](C(=O)[O-])C(C)C)cc1. The van der Waals surface area contributed by atoms with E-state index in [1.807, 2.05) is 6.92 Å². The Hall–Kier alpha value is -1.40. The Labute approximate surface area is 107 Å². The van der Waals surface area contributed by atoms with Crippen LogP contribution in [-0.2, 0) is 14.8 Å². The van der Waals surface area contributed by atoms with Gasteiger partial charge in [0.25, 0.3) is 0 Å². The fourth-order valence-corrected chi connectivity index (χ4v) is 2.74. The molecule has 0 amide bonds. The third-order valence-electron chi connectivity index (χ3n) is 2.53. The molecule has 0 saturated carbocycles. The Bertz CT molecular complexity index is 520. The second-order valence-electron chi connectivity index (χ2n) is 4.48. The van der Waals surface area contributed by atoms with Crippen molar-refractivity contribution in [3.8, 4) is 0 Å². The van der Waals surface area contributed by atoms with Gasteiger partial charge in [-0.2, -0.15) is 0 Å². The molecule has 1 atom stereocenters. The van der Waals surface area contributed by atoms with Crippen LogP contribution in [0.4, 0.5) is 0 Å². The molecule has 0 radical (unpaired) electrons. The second kappa shape index (κ2) is 5.49. The Morgan fingerprint density at radius 2 is 1.72 bits per heavy atom. The first-order valence-corrected chi connectivity index (χ1v) is 7.02. The lowest BCUT2D eigenvalue weighted by atomic mass is 10.1. The number of rotatable bonds is 5. The van der Waals surface area contributed by atoms with Crippen LogP contribution in [0.5, 0.6) is 0 Å². The highest BCUT2D eigenvalue weighted by molar-refractivity contribution is 7.89. The standard InChI is InChI=1S/C12H17NO4S/c1-8(2)11(12(14)15)13-18(16,17)10-6-4-9(3)5-7-10/h4-8,11,13H,1-3H3,(H,14,15)/p-1/t11-/m1/s1. The van der Waals surface area contributed by atoms with Crippen LogP contribution in [0.3, 0.4) is 0 Å². The summed E-state index contributed by atoms with van der Waals surface area (Å²) in [5, 5.41) is 10.9. The number of benzene rings is 1. The van der Waals surface area contributed by atoms with E-state index in [-0.39, 0.29) is 4.90 Å². The number of nitrogens with one attached hydrogen (secondary N) is 1. The molecule has 0 spiro atoms. The average Bonchev–Trinajstić information content (AvgIpc) is 2.26. The Balaban J connectivity index is 3.01. The molecule has 0 unspecified atom stereocenters. The van der Waals surface area contributed by atoms with Crippen molar-refractivity contribution in [2.24, 2.45) is 5.92 Å². The summed E-state index contributed by atoms with van der Waals surface area (Å²) in [6.07, 6.45) is 0. The monoisotopic (exact) mass is 270 g/mol. The molecule has 0 fully saturated rings. The third-order valence-corrected chi connectivity index (χ3v) is 3.99. The minimum absolute atomic E-state index is 0.0417. The Morgan fingerprint density at radius 3 is 2.11 bits per heavy atom. The summed E-state index contributed by atoms with van der Waals surface area (Å²) in [6, 6.07) is 4.93. The van der Waals surface area contributed by atoms with Crippen LogP contribution < -0.4 is 9.83 Å². The highest BCUT2D eigenvalue weighted by Crippen LogP contribution is 2.12. The molecule has 0 aromatic heterocycles. The number of carboxylic acids is 1. The van der Waals surface area contributed by atoms with Gasteiger partial charge in [0.05, 0.1) is 16.9 Å². The van der Waals surface area contributed by atoms with Crippen LogP contribution in [0.2, 0.25) is 0 Å². The number of aliphatic carboxylic acids is 1. The van der Waals surface area contributed by atoms with E-state index in [9.17, 15) is 18.3 Å². The highest BCUT2D eigenvalue weighted by atomic mass is 32.2. The van der Waals surface area contributed by atoms with Crippen LogP contribution in [0.15, 0.2) is 29.2 Å². The van der Waals surface area contributed by atoms with Gasteiger partial charge in [-0.1, -0.05) is 31.5 Å². The lowest BCUT2D eigenvalue weighted by molar-refractivity contribution is -0.309. The van der Waals surface area contributed by atoms with Crippen molar-refractivity contribution in [3.63, 3.8) is 0 Å². The number of carbonyl (C=O) groups is 1. The van der Waals surface area contributed by atoms with Crippen LogP contribution in [0.1, 0.15) is 19.4 Å². The molecule has 0 bridgehead atoms. The van der Waals surface area contributed by atoms with Gasteiger partial charge >= 0.3 is 0 Å². The molecule has 6 heteroatoms. The van der Waals surface area contributed by atoms with Crippen LogP contribution in [0.25, 0.3) is 0 Å². The molecule has 1 aromatic rings. The molecular weight excluding hydrogens is 254 g/mol. The zero-order chi connectivity index (χ0) is 13.9. The zero-order valence-corrected chi connectivity index (χ0v) is 11.3. The van der Waals surface area contributed by atoms with Crippen LogP contribution >= 0.6 is 0 Å². The summed E-state index contributed by atoms with van der Waals surface area (Å²) in [4.78, 5) is 10.9. The molecule has 0 heterocycles. The quantitative estimate of drug-likeness (QED) is 0.819. The molecule has 1 N–H and O–H groups in total. The van der Waals surface area contributed by atoms with Crippen molar-refractivity contribution in [1.29, 1.82) is 0 Å². The van der Waals surface area contributed by atoms with Crippen molar-refractivity contribution in [2.45, 2.75) is 31.7 Å². The first-order valence-electron chi connectivity index (χ1n) is 5.54. The van der Waals surface area contributed by atoms with Crippen molar-refractivity contribution in [2.75, 3.05) is 0 Å². The van der Waals surface area contributed by atoms with E-state index in [0.29, 0.717) is 0 Å². The van der Waals surface area contributed by atoms with E-state index in [1.54, 1.807) is 26.0 Å². The Morgan fingerprint density at radius 1 is 1.22 bits per heavy atom. The predicted octanol–water partition coefficient (Wildman–Crippen LogP) is 0.0478. The maximum Gasteiger partial charge on any atom is 0.241 e. The molecule has 1 rings (SSSR count). The van der Waals surface area contributed by atoms with Gasteiger partial charge in [0.2, 0.25) is 10.0 Å². The maximum absolute atomic E-state index is 12.0. The summed E-state index contributed by atoms with van der Waals surface area (Å²) in [7, 11) is -3.84. The number of sulfonamides is 1. The van der Waals surface area contributed by atoms with Gasteiger partial charge in [-0.05, 0) is 25.0 Å². The summed E-state index contributed by atoms with van der Waals surface area (Å²) in [6.45, 7) is 5.05. The van der Waals surface area contributed by atoms with Gasteiger partial charge in [0, 0.05) is 0 Å². The largest absolute Gasteiger partial charge is 0.548 e. The topological polar surface area (TPSA) is 86.3 Å². The number of carbonyl (C=O) groups excluding carboxylic acids is 1. The summed E-state index contributed by atoms with van der Waals surface area (Å²) in [5.74, 6) is -1.82. The number of hydrogen-bond donors (Lipinski definition) is 1. The van der Waals surface area contributed by atoms with Crippen molar-refractivity contribution < 1.29 is 18.3 Å². The minimum Gasteiger partial charge on any atom is -0.548 e. The molecule has 0 aliphatic carbocycles. The van der Waals surface area contributed by atoms with Gasteiger partial charge in [-0.3, -0.25) is 0 Å². The smallest absolute Gasteiger partial charge is 0.241 e. The highest BCUT2D eigenvalue weighted by Gasteiger charge is 2.23. The fraction of sp³-hybridized carbons (Fsp3) is 0.417. The first-order chi connectivity index (χ1) is 8.24. The van der Waals surface area contributed by atoms with E-state index in [0.717, 1.165) is 5.56 Å². The summed E-state index contributed by atoms with van der Waals surface area (Å²) in [5.41, 5.74) is 0.925. The summed E-state index contributed by atoms with van der Waals surface area (Å²) >= 11 is 0. The predicted molar refractivity (Wildman–Crippen MR) is 65.1 cm³/mol. The lowest BCUT2D eigenvalue weighted by Crippen LogP contribution is -2.50. The molecule has 0 saturated heterocycles. The summed E-state index contributed by atoms with van der Waals surface area (Å²) < 4.78 is 26.1. The fourth-order valence-electron chi connectivity index (χ4n) is 1.41. The average molecular weight is 270 g/mol. The van der Waals surface area contributed by atoms with Gasteiger partial charge < -0.3 is 9.90 Å². The van der Waals surface area contributed by atoms with Crippen LogP contribution in [0, 0.1) is 12.8 Å². The molecule has 0 aliphatic rings. The van der Waals surface area contributed by atoms with E-state index < -0.39 is 28.0 Å². The number of hydrogen-bond acceptors (Lipinski definition) is 4. The van der Waals surface area contributed by atoms with E-state index in [2.05, 4.69) is 4.72 Å². The molecule has 0 aliphatic heterocycles.